The van der Waals surface area contributed by atoms with E-state index >= 15 is 0 Å². The van der Waals surface area contributed by atoms with Crippen LogP contribution in [0.2, 0.25) is 0 Å². The highest BCUT2D eigenvalue weighted by molar-refractivity contribution is 8.04. The summed E-state index contributed by atoms with van der Waals surface area (Å²) < 4.78 is 5.19. The van der Waals surface area contributed by atoms with Gasteiger partial charge < -0.3 is 20.1 Å². The number of phenols is 1. The van der Waals surface area contributed by atoms with Gasteiger partial charge in [0.2, 0.25) is 0 Å². The van der Waals surface area contributed by atoms with Crippen LogP contribution in [-0.2, 0) is 4.79 Å². The third kappa shape index (κ3) is 5.56. The summed E-state index contributed by atoms with van der Waals surface area (Å²) >= 11 is 1.49. The van der Waals surface area contributed by atoms with Crippen LogP contribution in [0.1, 0.15) is 23.4 Å². The van der Waals surface area contributed by atoms with Gasteiger partial charge in [0.1, 0.15) is 5.37 Å². The van der Waals surface area contributed by atoms with Crippen LogP contribution in [0.3, 0.4) is 0 Å². The van der Waals surface area contributed by atoms with Crippen molar-refractivity contribution in [2.75, 3.05) is 27.7 Å². The minimum atomic E-state index is -0.120. The predicted octanol–water partition coefficient (Wildman–Crippen LogP) is 4.24. The number of nitrogens with zero attached hydrogens (tertiary/aromatic N) is 2. The number of carbonyl (C=O) groups is 1. The maximum Gasteiger partial charge on any atom is 0.262 e. The molecule has 6 nitrogen and oxygen atoms in total. The van der Waals surface area contributed by atoms with Gasteiger partial charge in [-0.1, -0.05) is 36.5 Å². The topological polar surface area (TPSA) is 74.7 Å². The van der Waals surface area contributed by atoms with Crippen molar-refractivity contribution in [1.82, 2.24) is 15.2 Å². The molecule has 0 saturated carbocycles. The first kappa shape index (κ1) is 25.6. The number of phenolic OH excluding ortho intramolecular Hbond substituents is 1. The number of aromatic hydroxyl groups is 1. The molecule has 1 aromatic carbocycles. The van der Waals surface area contributed by atoms with E-state index in [2.05, 4.69) is 16.9 Å². The Bertz CT molecular complexity index is 890. The van der Waals surface area contributed by atoms with E-state index < -0.39 is 0 Å². The Morgan fingerprint density at radius 2 is 2.10 bits per heavy atom. The van der Waals surface area contributed by atoms with Crippen molar-refractivity contribution in [3.8, 4) is 11.5 Å². The molecule has 0 bridgehead atoms. The number of nitrogens with one attached hydrogen (secondary N) is 1. The highest BCUT2D eigenvalue weighted by Gasteiger charge is 2.37. The molecule has 3 rings (SSSR count). The Labute approximate surface area is 188 Å². The maximum atomic E-state index is 13.0. The molecule has 1 aliphatic rings. The van der Waals surface area contributed by atoms with E-state index in [1.165, 1.54) is 18.9 Å². The number of benzene rings is 1. The number of amides is 1. The standard InChI is InChI=1S/C20H20N2O3S.C2H7N.ClH/c1-4-15(13-8-9-16(23)17(11-13)25-3)18-19(24)22(5-2)20(26-18)14-7-6-10-21-12-14;1-3-2;/h4,6-12,20,23H,1,5H2,2-3H3;3H,1-2H3;1H. The normalized spacial score (nSPS) is 16.9. The zero-order valence-corrected chi connectivity index (χ0v) is 19.2. The van der Waals surface area contributed by atoms with Gasteiger partial charge in [-0.3, -0.25) is 9.78 Å². The second kappa shape index (κ2) is 12.3. The SMILES string of the molecule is C=CC(=C1SC(c2cccnc2)N(CC)C1=O)c1ccc(O)c(OC)c1.CNC.Cl. The number of carbonyl (C=O) groups excluding carboxylic acids is 1. The maximum absolute atomic E-state index is 13.0. The second-order valence-electron chi connectivity index (χ2n) is 6.18. The Morgan fingerprint density at radius 3 is 2.63 bits per heavy atom. The summed E-state index contributed by atoms with van der Waals surface area (Å²) in [6.45, 7) is 6.44. The monoisotopic (exact) mass is 449 g/mol. The third-order valence-electron chi connectivity index (χ3n) is 4.22. The molecule has 1 saturated heterocycles. The quantitative estimate of drug-likeness (QED) is 0.665. The summed E-state index contributed by atoms with van der Waals surface area (Å²) in [6.07, 6.45) is 5.18. The number of likely N-dealkylation sites (N-methyl/N-ethyl adjacent to an activating group) is 1. The number of halogens is 1. The minimum Gasteiger partial charge on any atom is -0.504 e. The summed E-state index contributed by atoms with van der Waals surface area (Å²) in [5.41, 5.74) is 2.48. The van der Waals surface area contributed by atoms with Gasteiger partial charge in [-0.25, -0.2) is 0 Å². The number of pyridine rings is 1. The minimum absolute atomic E-state index is 0. The van der Waals surface area contributed by atoms with Crippen LogP contribution in [0.15, 0.2) is 60.3 Å². The van der Waals surface area contributed by atoms with Gasteiger partial charge in [0.05, 0.1) is 12.0 Å². The largest absolute Gasteiger partial charge is 0.504 e. The zero-order chi connectivity index (χ0) is 21.4. The average molecular weight is 450 g/mol. The van der Waals surface area contributed by atoms with E-state index in [0.717, 1.165) is 16.7 Å². The molecular formula is C22H28ClN3O3S. The number of allylic oxidation sites excluding steroid dienone is 2. The predicted molar refractivity (Wildman–Crippen MR) is 126 cm³/mol. The Morgan fingerprint density at radius 1 is 1.40 bits per heavy atom. The molecule has 1 amide bonds. The van der Waals surface area contributed by atoms with Crippen molar-refractivity contribution in [3.05, 3.63) is 71.4 Å². The van der Waals surface area contributed by atoms with Crippen LogP contribution in [0, 0.1) is 0 Å². The molecule has 2 heterocycles. The van der Waals surface area contributed by atoms with Crippen LogP contribution in [0.4, 0.5) is 0 Å². The summed E-state index contributed by atoms with van der Waals surface area (Å²) in [4.78, 5) is 19.6. The lowest BCUT2D eigenvalue weighted by Crippen LogP contribution is -2.27. The highest BCUT2D eigenvalue weighted by Crippen LogP contribution is 2.48. The number of methoxy groups -OCH3 is 1. The van der Waals surface area contributed by atoms with E-state index in [4.69, 9.17) is 4.74 Å². The molecule has 2 N–H and O–H groups in total. The molecule has 1 fully saturated rings. The highest BCUT2D eigenvalue weighted by atomic mass is 35.5. The van der Waals surface area contributed by atoms with Crippen molar-refractivity contribution < 1.29 is 14.6 Å². The van der Waals surface area contributed by atoms with Crippen molar-refractivity contribution in [3.63, 3.8) is 0 Å². The summed E-state index contributed by atoms with van der Waals surface area (Å²) in [7, 11) is 5.24. The molecule has 0 spiro atoms. The summed E-state index contributed by atoms with van der Waals surface area (Å²) in [5, 5.41) is 12.5. The summed E-state index contributed by atoms with van der Waals surface area (Å²) in [6, 6.07) is 8.86. The average Bonchev–Trinajstić information content (AvgIpc) is 3.07. The van der Waals surface area contributed by atoms with Crippen molar-refractivity contribution in [2.24, 2.45) is 0 Å². The van der Waals surface area contributed by atoms with Crippen molar-refractivity contribution in [2.45, 2.75) is 12.3 Å². The molecule has 162 valence electrons. The van der Waals surface area contributed by atoms with Gasteiger partial charge in [0.25, 0.3) is 5.91 Å². The first-order chi connectivity index (χ1) is 14.0. The van der Waals surface area contributed by atoms with Gasteiger partial charge in [-0.05, 0) is 44.8 Å². The number of hydrogen-bond donors (Lipinski definition) is 2. The molecular weight excluding hydrogens is 422 g/mol. The van der Waals surface area contributed by atoms with E-state index in [-0.39, 0.29) is 29.4 Å². The van der Waals surface area contributed by atoms with Crippen molar-refractivity contribution >= 4 is 35.6 Å². The third-order valence-corrected chi connectivity index (χ3v) is 5.60. The lowest BCUT2D eigenvalue weighted by atomic mass is 10.0. The van der Waals surface area contributed by atoms with Crippen LogP contribution in [0.5, 0.6) is 11.5 Å². The van der Waals surface area contributed by atoms with Crippen LogP contribution >= 0.6 is 24.2 Å². The number of aromatic nitrogens is 1. The van der Waals surface area contributed by atoms with Gasteiger partial charge in [-0.15, -0.1) is 12.4 Å². The molecule has 1 unspecified atom stereocenters. The lowest BCUT2D eigenvalue weighted by molar-refractivity contribution is -0.126. The first-order valence-corrected chi connectivity index (χ1v) is 10.1. The Kier molecular flexibility index (Phi) is 10.5. The van der Waals surface area contributed by atoms with E-state index in [1.54, 1.807) is 36.7 Å². The molecule has 30 heavy (non-hydrogen) atoms. The van der Waals surface area contributed by atoms with Gasteiger partial charge in [0.15, 0.2) is 11.5 Å². The van der Waals surface area contributed by atoms with Gasteiger partial charge in [-0.2, -0.15) is 0 Å². The smallest absolute Gasteiger partial charge is 0.262 e. The Hall–Kier alpha value is -2.48. The van der Waals surface area contributed by atoms with Gasteiger partial charge >= 0.3 is 0 Å². The van der Waals surface area contributed by atoms with Crippen LogP contribution < -0.4 is 10.1 Å². The molecule has 1 atom stereocenters. The molecule has 0 aliphatic carbocycles. The molecule has 1 aromatic heterocycles. The lowest BCUT2D eigenvalue weighted by Gasteiger charge is -2.21. The van der Waals surface area contributed by atoms with E-state index in [1.807, 2.05) is 38.1 Å². The number of ether oxygens (including phenoxy) is 1. The second-order valence-corrected chi connectivity index (χ2v) is 7.27. The number of hydrogen-bond acceptors (Lipinski definition) is 6. The zero-order valence-electron chi connectivity index (χ0n) is 17.6. The fourth-order valence-electron chi connectivity index (χ4n) is 2.91. The van der Waals surface area contributed by atoms with Crippen LogP contribution in [0.25, 0.3) is 5.57 Å². The molecule has 2 aromatic rings. The fourth-order valence-corrected chi connectivity index (χ4v) is 4.32. The van der Waals surface area contributed by atoms with Crippen molar-refractivity contribution in [1.29, 1.82) is 0 Å². The fraction of sp³-hybridized carbons (Fsp3) is 0.273. The summed E-state index contributed by atoms with van der Waals surface area (Å²) in [5.74, 6) is 0.376. The van der Waals surface area contributed by atoms with E-state index in [0.29, 0.717) is 17.2 Å². The van der Waals surface area contributed by atoms with Crippen LogP contribution in [-0.4, -0.2) is 48.6 Å². The molecule has 0 radical (unpaired) electrons. The number of rotatable bonds is 5. The van der Waals surface area contributed by atoms with E-state index in [9.17, 15) is 9.90 Å². The first-order valence-electron chi connectivity index (χ1n) is 9.22. The van der Waals surface area contributed by atoms with Gasteiger partial charge in [0, 0.05) is 30.1 Å². The number of thioether (sulfide) groups is 1. The molecule has 1 aliphatic heterocycles. The molecule has 8 heteroatoms. The Balaban J connectivity index is 0.00000106.